The molecule has 0 saturated heterocycles. The molecule has 0 aliphatic carbocycles. The zero-order valence-electron chi connectivity index (χ0n) is 10.9. The molecule has 0 saturated carbocycles. The molecule has 1 aromatic heterocycles. The number of H-pyrrole nitrogens is 1. The van der Waals surface area contributed by atoms with Crippen LogP contribution in [0.1, 0.15) is 0 Å². The van der Waals surface area contributed by atoms with E-state index < -0.39 is 17.0 Å². The van der Waals surface area contributed by atoms with E-state index in [2.05, 4.69) is 4.98 Å². The topological polar surface area (TPSA) is 90.4 Å². The number of aromatic amines is 1. The van der Waals surface area contributed by atoms with Gasteiger partial charge in [0, 0.05) is 10.9 Å². The van der Waals surface area contributed by atoms with Crippen LogP contribution >= 0.6 is 0 Å². The fourth-order valence-electron chi connectivity index (χ4n) is 2.16. The summed E-state index contributed by atoms with van der Waals surface area (Å²) in [5.74, 6) is 0. The highest BCUT2D eigenvalue weighted by atomic mass is 32.2. The van der Waals surface area contributed by atoms with Crippen LogP contribution in [0.3, 0.4) is 0 Å². The predicted octanol–water partition coefficient (Wildman–Crippen LogP) is 0.680. The molecule has 0 spiro atoms. The Morgan fingerprint density at radius 3 is 2.33 bits per heavy atom. The molecule has 3 N–H and O–H groups in total. The van der Waals surface area contributed by atoms with Gasteiger partial charge in [0.1, 0.15) is 5.03 Å². The number of rotatable bonds is 3. The van der Waals surface area contributed by atoms with Crippen molar-refractivity contribution < 1.29 is 18.5 Å². The molecule has 5 nitrogen and oxygen atoms in total. The largest absolute Gasteiger partial charge is 0.488 e. The maximum atomic E-state index is 12.5. The van der Waals surface area contributed by atoms with Gasteiger partial charge >= 0.3 is 7.12 Å². The smallest absolute Gasteiger partial charge is 0.423 e. The van der Waals surface area contributed by atoms with Crippen molar-refractivity contribution in [1.82, 2.24) is 4.98 Å². The minimum atomic E-state index is -3.61. The van der Waals surface area contributed by atoms with E-state index in [-0.39, 0.29) is 9.92 Å². The molecule has 0 fully saturated rings. The third kappa shape index (κ3) is 2.46. The van der Waals surface area contributed by atoms with Gasteiger partial charge in [-0.1, -0.05) is 30.3 Å². The predicted molar refractivity (Wildman–Crippen MR) is 80.0 cm³/mol. The first kappa shape index (κ1) is 13.9. The maximum absolute atomic E-state index is 12.5. The second kappa shape index (κ2) is 5.03. The first-order chi connectivity index (χ1) is 9.98. The van der Waals surface area contributed by atoms with Crippen molar-refractivity contribution in [2.75, 3.05) is 0 Å². The van der Waals surface area contributed by atoms with E-state index in [1.54, 1.807) is 30.3 Å². The van der Waals surface area contributed by atoms with Gasteiger partial charge in [0.25, 0.3) is 0 Å². The zero-order valence-corrected chi connectivity index (χ0v) is 11.7. The number of aromatic nitrogens is 1. The van der Waals surface area contributed by atoms with Crippen molar-refractivity contribution in [3.63, 3.8) is 0 Å². The Morgan fingerprint density at radius 2 is 1.67 bits per heavy atom. The van der Waals surface area contributed by atoms with Gasteiger partial charge in [0.2, 0.25) is 9.84 Å². The van der Waals surface area contributed by atoms with E-state index in [4.69, 9.17) is 10.0 Å². The van der Waals surface area contributed by atoms with Crippen molar-refractivity contribution in [2.45, 2.75) is 9.92 Å². The summed E-state index contributed by atoms with van der Waals surface area (Å²) in [6.07, 6.45) is 0. The maximum Gasteiger partial charge on any atom is 0.488 e. The molecule has 0 aliphatic rings. The Morgan fingerprint density at radius 1 is 0.952 bits per heavy atom. The van der Waals surface area contributed by atoms with Crippen LogP contribution in [0.15, 0.2) is 64.5 Å². The van der Waals surface area contributed by atoms with Crippen LogP contribution in [-0.2, 0) is 9.84 Å². The van der Waals surface area contributed by atoms with Gasteiger partial charge in [-0.25, -0.2) is 8.42 Å². The summed E-state index contributed by atoms with van der Waals surface area (Å²) in [6.45, 7) is 0. The minimum Gasteiger partial charge on any atom is -0.423 e. The quantitative estimate of drug-likeness (QED) is 0.621. The molecule has 1 heterocycles. The Labute approximate surface area is 121 Å². The molecule has 3 rings (SSSR count). The number of nitrogens with one attached hydrogen (secondary N) is 1. The van der Waals surface area contributed by atoms with Gasteiger partial charge in [-0.2, -0.15) is 0 Å². The van der Waals surface area contributed by atoms with Gasteiger partial charge in [0.15, 0.2) is 0 Å². The molecule has 0 aliphatic heterocycles. The second-order valence-corrected chi connectivity index (χ2v) is 6.59. The number of hydrogen-bond acceptors (Lipinski definition) is 4. The Balaban J connectivity index is 2.13. The average molecular weight is 301 g/mol. The van der Waals surface area contributed by atoms with Crippen molar-refractivity contribution in [3.05, 3.63) is 54.6 Å². The van der Waals surface area contributed by atoms with Crippen LogP contribution in [0, 0.1) is 0 Å². The Hall–Kier alpha value is -2.09. The van der Waals surface area contributed by atoms with E-state index in [0.29, 0.717) is 16.4 Å². The van der Waals surface area contributed by atoms with Crippen LogP contribution in [0.25, 0.3) is 10.9 Å². The van der Waals surface area contributed by atoms with Crippen LogP contribution in [-0.4, -0.2) is 30.6 Å². The molecule has 21 heavy (non-hydrogen) atoms. The summed E-state index contributed by atoms with van der Waals surface area (Å²) in [7, 11) is -5.20. The monoisotopic (exact) mass is 301 g/mol. The van der Waals surface area contributed by atoms with Crippen LogP contribution < -0.4 is 5.46 Å². The lowest BCUT2D eigenvalue weighted by molar-refractivity contribution is 0.426. The van der Waals surface area contributed by atoms with E-state index in [1.807, 2.05) is 0 Å². The lowest BCUT2D eigenvalue weighted by atomic mass is 9.80. The summed E-state index contributed by atoms with van der Waals surface area (Å²) in [4.78, 5) is 3.06. The lowest BCUT2D eigenvalue weighted by Crippen LogP contribution is -2.29. The van der Waals surface area contributed by atoms with E-state index in [9.17, 15) is 8.42 Å². The van der Waals surface area contributed by atoms with Gasteiger partial charge in [0.05, 0.1) is 4.90 Å². The number of hydrogen-bond donors (Lipinski definition) is 3. The SMILES string of the molecule is O=S(=O)(c1ccccc1)c1cc2cc(B(O)O)ccc2[nH]1. The van der Waals surface area contributed by atoms with Crippen LogP contribution in [0.2, 0.25) is 0 Å². The molecule has 0 atom stereocenters. The standard InChI is InChI=1S/C14H12BNO4S/c17-15(18)11-6-7-13-10(8-11)9-14(16-13)21(19,20)12-4-2-1-3-5-12/h1-9,16-18H. The van der Waals surface area contributed by atoms with Gasteiger partial charge in [-0.3, -0.25) is 0 Å². The average Bonchev–Trinajstić information content (AvgIpc) is 2.91. The molecular formula is C14H12BNO4S. The molecule has 0 amide bonds. The molecule has 3 aromatic rings. The van der Waals surface area contributed by atoms with Gasteiger partial charge in [-0.15, -0.1) is 0 Å². The lowest BCUT2D eigenvalue weighted by Gasteiger charge is -2.00. The van der Waals surface area contributed by atoms with Crippen molar-refractivity contribution in [2.24, 2.45) is 0 Å². The molecule has 2 aromatic carbocycles. The molecule has 0 bridgehead atoms. The fourth-order valence-corrected chi connectivity index (χ4v) is 3.45. The normalized spacial score (nSPS) is 11.7. The molecular weight excluding hydrogens is 289 g/mol. The minimum absolute atomic E-state index is 0.0771. The third-order valence-electron chi connectivity index (χ3n) is 3.26. The highest BCUT2D eigenvalue weighted by molar-refractivity contribution is 7.91. The third-order valence-corrected chi connectivity index (χ3v) is 4.95. The molecule has 106 valence electrons. The van der Waals surface area contributed by atoms with E-state index in [1.165, 1.54) is 24.3 Å². The molecule has 7 heteroatoms. The first-order valence-corrected chi connectivity index (χ1v) is 7.76. The summed E-state index contributed by atoms with van der Waals surface area (Å²) in [5.41, 5.74) is 0.930. The first-order valence-electron chi connectivity index (χ1n) is 6.27. The van der Waals surface area contributed by atoms with Crippen LogP contribution in [0.5, 0.6) is 0 Å². The second-order valence-electron chi connectivity index (χ2n) is 4.67. The number of sulfone groups is 1. The van der Waals surface area contributed by atoms with E-state index >= 15 is 0 Å². The number of fused-ring (bicyclic) bond motifs is 1. The van der Waals surface area contributed by atoms with Gasteiger partial charge < -0.3 is 15.0 Å². The fraction of sp³-hybridized carbons (Fsp3) is 0. The molecule has 0 unspecified atom stereocenters. The highest BCUT2D eigenvalue weighted by Crippen LogP contribution is 2.23. The summed E-state index contributed by atoms with van der Waals surface area (Å²) >= 11 is 0. The summed E-state index contributed by atoms with van der Waals surface area (Å²) in [6, 6.07) is 14.3. The Kier molecular flexibility index (Phi) is 3.33. The Bertz CT molecular complexity index is 888. The molecule has 0 radical (unpaired) electrons. The van der Waals surface area contributed by atoms with Crippen molar-refractivity contribution in [1.29, 1.82) is 0 Å². The van der Waals surface area contributed by atoms with Crippen molar-refractivity contribution >= 4 is 33.3 Å². The van der Waals surface area contributed by atoms with Crippen LogP contribution in [0.4, 0.5) is 0 Å². The summed E-state index contributed by atoms with van der Waals surface area (Å²) < 4.78 is 25.0. The van der Waals surface area contributed by atoms with E-state index in [0.717, 1.165) is 0 Å². The summed E-state index contributed by atoms with van der Waals surface area (Å²) in [5, 5.41) is 19.0. The van der Waals surface area contributed by atoms with Gasteiger partial charge in [-0.05, 0) is 29.7 Å². The zero-order chi connectivity index (χ0) is 15.0. The number of benzene rings is 2. The highest BCUT2D eigenvalue weighted by Gasteiger charge is 2.20. The van der Waals surface area contributed by atoms with Crippen molar-refractivity contribution in [3.8, 4) is 0 Å².